The molecule has 2 aromatic rings. The normalized spacial score (nSPS) is 9.94. The van der Waals surface area contributed by atoms with E-state index < -0.39 is 0 Å². The van der Waals surface area contributed by atoms with Gasteiger partial charge in [0.2, 0.25) is 0 Å². The van der Waals surface area contributed by atoms with Crippen LogP contribution in [0.5, 0.6) is 0 Å². The van der Waals surface area contributed by atoms with Crippen molar-refractivity contribution in [1.82, 2.24) is 10.3 Å². The van der Waals surface area contributed by atoms with Gasteiger partial charge in [0.05, 0.1) is 0 Å². The van der Waals surface area contributed by atoms with Crippen LogP contribution >= 0.6 is 0 Å². The Labute approximate surface area is 101 Å². The molecule has 0 saturated heterocycles. The lowest BCUT2D eigenvalue weighted by atomic mass is 10.1. The van der Waals surface area contributed by atoms with Gasteiger partial charge in [0, 0.05) is 24.5 Å². The van der Waals surface area contributed by atoms with Gasteiger partial charge in [-0.3, -0.25) is 9.78 Å². The van der Waals surface area contributed by atoms with Crippen molar-refractivity contribution < 1.29 is 4.79 Å². The van der Waals surface area contributed by atoms with E-state index in [0.717, 1.165) is 11.1 Å². The molecule has 17 heavy (non-hydrogen) atoms. The van der Waals surface area contributed by atoms with Crippen LogP contribution in [0, 0.1) is 6.92 Å². The Morgan fingerprint density at radius 1 is 1.24 bits per heavy atom. The molecule has 86 valence electrons. The van der Waals surface area contributed by atoms with Crippen LogP contribution in [0.3, 0.4) is 0 Å². The van der Waals surface area contributed by atoms with E-state index >= 15 is 0 Å². The van der Waals surface area contributed by atoms with Gasteiger partial charge in [-0.25, -0.2) is 0 Å². The molecule has 1 N–H and O–H groups in total. The van der Waals surface area contributed by atoms with Gasteiger partial charge < -0.3 is 5.32 Å². The lowest BCUT2D eigenvalue weighted by Crippen LogP contribution is -2.23. The van der Waals surface area contributed by atoms with Gasteiger partial charge in [-0.2, -0.15) is 0 Å². The molecule has 0 aliphatic heterocycles. The van der Waals surface area contributed by atoms with Gasteiger partial charge in [0.1, 0.15) is 0 Å². The van der Waals surface area contributed by atoms with Crippen molar-refractivity contribution in [2.45, 2.75) is 13.5 Å². The largest absolute Gasteiger partial charge is 0.348 e. The molecule has 0 aliphatic carbocycles. The predicted octanol–water partition coefficient (Wildman–Crippen LogP) is 2.32. The molecule has 1 aromatic carbocycles. The fourth-order valence-corrected chi connectivity index (χ4v) is 1.55. The number of amides is 1. The van der Waals surface area contributed by atoms with E-state index in [1.807, 2.05) is 31.2 Å². The number of benzene rings is 1. The minimum absolute atomic E-state index is 0.0612. The topological polar surface area (TPSA) is 42.0 Å². The van der Waals surface area contributed by atoms with E-state index in [-0.39, 0.29) is 5.91 Å². The Kier molecular flexibility index (Phi) is 3.50. The third-order valence-corrected chi connectivity index (χ3v) is 2.62. The predicted molar refractivity (Wildman–Crippen MR) is 66.6 cm³/mol. The molecule has 0 saturated carbocycles. The van der Waals surface area contributed by atoms with Crippen LogP contribution in [0.25, 0.3) is 0 Å². The Bertz CT molecular complexity index is 509. The number of nitrogens with zero attached hydrogens (tertiary/aromatic N) is 1. The van der Waals surface area contributed by atoms with Crippen molar-refractivity contribution in [2.24, 2.45) is 0 Å². The number of rotatable bonds is 3. The molecule has 1 heterocycles. The van der Waals surface area contributed by atoms with E-state index in [2.05, 4.69) is 10.3 Å². The van der Waals surface area contributed by atoms with Crippen LogP contribution in [0.1, 0.15) is 21.5 Å². The Hall–Kier alpha value is -2.16. The number of carbonyl (C=O) groups is 1. The highest BCUT2D eigenvalue weighted by molar-refractivity contribution is 5.94. The van der Waals surface area contributed by atoms with Crippen LogP contribution in [-0.4, -0.2) is 10.9 Å². The van der Waals surface area contributed by atoms with Gasteiger partial charge in [0.15, 0.2) is 0 Å². The summed E-state index contributed by atoms with van der Waals surface area (Å²) >= 11 is 0. The number of nitrogens with one attached hydrogen (secondary N) is 1. The summed E-state index contributed by atoms with van der Waals surface area (Å²) in [4.78, 5) is 15.8. The van der Waals surface area contributed by atoms with Crippen molar-refractivity contribution in [3.8, 4) is 0 Å². The lowest BCUT2D eigenvalue weighted by Gasteiger charge is -2.07. The first-order chi connectivity index (χ1) is 8.27. The average molecular weight is 226 g/mol. The molecule has 0 aliphatic rings. The van der Waals surface area contributed by atoms with Crippen LogP contribution in [-0.2, 0) is 6.54 Å². The second-order valence-electron chi connectivity index (χ2n) is 3.85. The molecule has 3 nitrogen and oxygen atoms in total. The summed E-state index contributed by atoms with van der Waals surface area (Å²) in [5.41, 5.74) is 2.85. The van der Waals surface area contributed by atoms with Crippen LogP contribution < -0.4 is 5.32 Å². The maximum atomic E-state index is 11.8. The highest BCUT2D eigenvalue weighted by Crippen LogP contribution is 2.05. The zero-order chi connectivity index (χ0) is 12.1. The van der Waals surface area contributed by atoms with Gasteiger partial charge in [0.25, 0.3) is 5.91 Å². The Balaban J connectivity index is 2.00. The summed E-state index contributed by atoms with van der Waals surface area (Å²) in [6, 6.07) is 11.1. The van der Waals surface area contributed by atoms with E-state index in [9.17, 15) is 4.79 Å². The Morgan fingerprint density at radius 2 is 2.00 bits per heavy atom. The molecule has 0 radical (unpaired) electrons. The van der Waals surface area contributed by atoms with Gasteiger partial charge in [-0.15, -0.1) is 0 Å². The molecule has 2 rings (SSSR count). The fraction of sp³-hybridized carbons (Fsp3) is 0.143. The summed E-state index contributed by atoms with van der Waals surface area (Å²) in [6.07, 6.45) is 3.53. The van der Waals surface area contributed by atoms with Crippen molar-refractivity contribution in [2.75, 3.05) is 0 Å². The summed E-state index contributed by atoms with van der Waals surface area (Å²) in [5, 5.41) is 2.88. The molecule has 0 spiro atoms. The van der Waals surface area contributed by atoms with Crippen LogP contribution in [0.15, 0.2) is 48.8 Å². The smallest absolute Gasteiger partial charge is 0.251 e. The van der Waals surface area contributed by atoms with E-state index in [1.54, 1.807) is 24.5 Å². The molecule has 0 fully saturated rings. The average Bonchev–Trinajstić information content (AvgIpc) is 2.38. The summed E-state index contributed by atoms with van der Waals surface area (Å²) in [5.74, 6) is -0.0612. The second kappa shape index (κ2) is 5.25. The molecule has 0 unspecified atom stereocenters. The standard InChI is InChI=1S/C14H14N2O/c1-11-7-8-15-9-13(11)10-16-14(17)12-5-3-2-4-6-12/h2-9H,10H2,1H3,(H,16,17). The van der Waals surface area contributed by atoms with Crippen molar-refractivity contribution in [3.05, 3.63) is 65.5 Å². The molecule has 0 bridgehead atoms. The molecular weight excluding hydrogens is 212 g/mol. The third-order valence-electron chi connectivity index (χ3n) is 2.62. The number of aromatic nitrogens is 1. The first kappa shape index (κ1) is 11.3. The number of aryl methyl sites for hydroxylation is 1. The summed E-state index contributed by atoms with van der Waals surface area (Å²) in [7, 11) is 0. The van der Waals surface area contributed by atoms with E-state index in [0.29, 0.717) is 12.1 Å². The molecule has 1 amide bonds. The zero-order valence-corrected chi connectivity index (χ0v) is 9.68. The first-order valence-corrected chi connectivity index (χ1v) is 5.50. The first-order valence-electron chi connectivity index (χ1n) is 5.50. The van der Waals surface area contributed by atoms with Gasteiger partial charge >= 0.3 is 0 Å². The summed E-state index contributed by atoms with van der Waals surface area (Å²) < 4.78 is 0. The highest BCUT2D eigenvalue weighted by atomic mass is 16.1. The van der Waals surface area contributed by atoms with Gasteiger partial charge in [-0.05, 0) is 36.2 Å². The maximum Gasteiger partial charge on any atom is 0.251 e. The third kappa shape index (κ3) is 2.91. The number of hydrogen-bond acceptors (Lipinski definition) is 2. The van der Waals surface area contributed by atoms with E-state index in [1.165, 1.54) is 0 Å². The minimum Gasteiger partial charge on any atom is -0.348 e. The molecule has 1 aromatic heterocycles. The van der Waals surface area contributed by atoms with Crippen LogP contribution in [0.4, 0.5) is 0 Å². The van der Waals surface area contributed by atoms with Gasteiger partial charge in [-0.1, -0.05) is 18.2 Å². The number of hydrogen-bond donors (Lipinski definition) is 1. The second-order valence-corrected chi connectivity index (χ2v) is 3.85. The Morgan fingerprint density at radius 3 is 2.71 bits per heavy atom. The summed E-state index contributed by atoms with van der Waals surface area (Å²) in [6.45, 7) is 2.51. The lowest BCUT2D eigenvalue weighted by molar-refractivity contribution is 0.0951. The maximum absolute atomic E-state index is 11.8. The number of pyridine rings is 1. The van der Waals surface area contributed by atoms with Crippen molar-refractivity contribution in [1.29, 1.82) is 0 Å². The highest BCUT2D eigenvalue weighted by Gasteiger charge is 2.04. The van der Waals surface area contributed by atoms with Crippen molar-refractivity contribution >= 4 is 5.91 Å². The van der Waals surface area contributed by atoms with Crippen molar-refractivity contribution in [3.63, 3.8) is 0 Å². The molecular formula is C14H14N2O. The monoisotopic (exact) mass is 226 g/mol. The van der Waals surface area contributed by atoms with Crippen LogP contribution in [0.2, 0.25) is 0 Å². The van der Waals surface area contributed by atoms with E-state index in [4.69, 9.17) is 0 Å². The fourth-order valence-electron chi connectivity index (χ4n) is 1.55. The minimum atomic E-state index is -0.0612. The zero-order valence-electron chi connectivity index (χ0n) is 9.68. The molecule has 3 heteroatoms. The molecule has 0 atom stereocenters. The SMILES string of the molecule is Cc1ccncc1CNC(=O)c1ccccc1. The number of carbonyl (C=O) groups excluding carboxylic acids is 1. The quantitative estimate of drug-likeness (QED) is 0.872.